The summed E-state index contributed by atoms with van der Waals surface area (Å²) in [6, 6.07) is 9.83. The molecule has 1 aliphatic heterocycles. The first-order valence-corrected chi connectivity index (χ1v) is 9.30. The molecule has 2 heterocycles. The van der Waals surface area contributed by atoms with Crippen molar-refractivity contribution in [3.8, 4) is 5.75 Å². The highest BCUT2D eigenvalue weighted by molar-refractivity contribution is 6.31. The number of carbonyl (C=O) groups excluding carboxylic acids is 1. The Hall–Kier alpha value is -2.05. The zero-order chi connectivity index (χ0) is 18.5. The number of hydrogen-bond acceptors (Lipinski definition) is 4. The predicted molar refractivity (Wildman–Crippen MR) is 102 cm³/mol. The van der Waals surface area contributed by atoms with Gasteiger partial charge in [-0.3, -0.25) is 14.4 Å². The molecule has 7 heteroatoms. The second kappa shape index (κ2) is 8.56. The smallest absolute Gasteiger partial charge is 0.244 e. The molecule has 2 aromatic rings. The molecule has 1 saturated heterocycles. The van der Waals surface area contributed by atoms with Crippen LogP contribution in [0.3, 0.4) is 0 Å². The molecule has 1 aliphatic rings. The Morgan fingerprint density at radius 1 is 1.15 bits per heavy atom. The van der Waals surface area contributed by atoms with E-state index in [1.807, 2.05) is 49.1 Å². The predicted octanol–water partition coefficient (Wildman–Crippen LogP) is 2.38. The topological polar surface area (TPSA) is 50.6 Å². The lowest BCUT2D eigenvalue weighted by Crippen LogP contribution is -2.50. The van der Waals surface area contributed by atoms with Crippen LogP contribution in [0.5, 0.6) is 5.75 Å². The number of piperazine rings is 1. The maximum atomic E-state index is 12.5. The number of aromatic nitrogens is 2. The van der Waals surface area contributed by atoms with Gasteiger partial charge < -0.3 is 9.64 Å². The third kappa shape index (κ3) is 4.56. The molecule has 6 nitrogen and oxygen atoms in total. The minimum Gasteiger partial charge on any atom is -0.492 e. The van der Waals surface area contributed by atoms with E-state index in [0.29, 0.717) is 11.6 Å². The van der Waals surface area contributed by atoms with Crippen LogP contribution >= 0.6 is 11.6 Å². The van der Waals surface area contributed by atoms with Crippen molar-refractivity contribution in [2.24, 2.45) is 0 Å². The second-order valence-corrected chi connectivity index (χ2v) is 6.90. The van der Waals surface area contributed by atoms with Crippen molar-refractivity contribution in [3.63, 3.8) is 0 Å². The summed E-state index contributed by atoms with van der Waals surface area (Å²) in [4.78, 5) is 16.8. The van der Waals surface area contributed by atoms with Crippen LogP contribution in [0.15, 0.2) is 30.3 Å². The Kier molecular flexibility index (Phi) is 6.16. The highest BCUT2D eigenvalue weighted by Gasteiger charge is 2.22. The van der Waals surface area contributed by atoms with Crippen molar-refractivity contribution in [1.82, 2.24) is 19.6 Å². The van der Waals surface area contributed by atoms with Crippen molar-refractivity contribution >= 4 is 17.5 Å². The number of halogens is 1. The quantitative estimate of drug-likeness (QED) is 0.776. The monoisotopic (exact) mass is 376 g/mol. The van der Waals surface area contributed by atoms with Crippen LogP contribution in [-0.2, 0) is 11.3 Å². The lowest BCUT2D eigenvalue weighted by atomic mass is 10.3. The molecule has 1 aromatic heterocycles. The molecule has 1 fully saturated rings. The van der Waals surface area contributed by atoms with Gasteiger partial charge in [0.1, 0.15) is 18.9 Å². The number of carbonyl (C=O) groups is 1. The van der Waals surface area contributed by atoms with Gasteiger partial charge in [-0.05, 0) is 26.0 Å². The summed E-state index contributed by atoms with van der Waals surface area (Å²) in [6.45, 7) is 8.70. The number of aryl methyl sites for hydroxylation is 1. The molecule has 1 aromatic carbocycles. The Labute approximate surface area is 159 Å². The fraction of sp³-hybridized carbons (Fsp3) is 0.474. The molecule has 26 heavy (non-hydrogen) atoms. The van der Waals surface area contributed by atoms with Crippen molar-refractivity contribution in [1.29, 1.82) is 0 Å². The summed E-state index contributed by atoms with van der Waals surface area (Å²) < 4.78 is 7.44. The van der Waals surface area contributed by atoms with Gasteiger partial charge in [-0.2, -0.15) is 5.10 Å². The van der Waals surface area contributed by atoms with Crippen LogP contribution in [0, 0.1) is 13.8 Å². The van der Waals surface area contributed by atoms with Crippen LogP contribution in [0.2, 0.25) is 5.02 Å². The number of ether oxygens (including phenoxy) is 1. The first-order valence-electron chi connectivity index (χ1n) is 8.92. The lowest BCUT2D eigenvalue weighted by molar-refractivity contribution is -0.133. The Morgan fingerprint density at radius 3 is 2.46 bits per heavy atom. The third-order valence-corrected chi connectivity index (χ3v) is 5.27. The SMILES string of the molecule is Cc1nn(CC(=O)N2CCN(CCOc3ccccc3)CC2)c(C)c1Cl. The van der Waals surface area contributed by atoms with E-state index in [0.717, 1.165) is 49.9 Å². The van der Waals surface area contributed by atoms with Crippen LogP contribution in [0.1, 0.15) is 11.4 Å². The number of para-hydroxylation sites is 1. The fourth-order valence-electron chi connectivity index (χ4n) is 3.09. The Balaban J connectivity index is 1.41. The second-order valence-electron chi connectivity index (χ2n) is 6.53. The summed E-state index contributed by atoms with van der Waals surface area (Å²) in [5, 5.41) is 4.98. The molecule has 0 unspecified atom stereocenters. The van der Waals surface area contributed by atoms with Gasteiger partial charge in [-0.15, -0.1) is 0 Å². The molecular formula is C19H25ClN4O2. The maximum Gasteiger partial charge on any atom is 0.244 e. The molecule has 1 amide bonds. The zero-order valence-corrected chi connectivity index (χ0v) is 16.1. The molecule has 140 valence electrons. The van der Waals surface area contributed by atoms with E-state index < -0.39 is 0 Å². The summed E-state index contributed by atoms with van der Waals surface area (Å²) in [5.41, 5.74) is 1.61. The number of rotatable bonds is 6. The first kappa shape index (κ1) is 18.7. The summed E-state index contributed by atoms with van der Waals surface area (Å²) in [5.74, 6) is 0.984. The van der Waals surface area contributed by atoms with Crippen LogP contribution < -0.4 is 4.74 Å². The van der Waals surface area contributed by atoms with E-state index in [9.17, 15) is 4.79 Å². The van der Waals surface area contributed by atoms with E-state index in [1.54, 1.807) is 4.68 Å². The fourth-order valence-corrected chi connectivity index (χ4v) is 3.22. The van der Waals surface area contributed by atoms with Gasteiger partial charge in [0, 0.05) is 32.7 Å². The normalized spacial score (nSPS) is 15.3. The molecule has 0 N–H and O–H groups in total. The van der Waals surface area contributed by atoms with Gasteiger partial charge in [0.25, 0.3) is 0 Å². The highest BCUT2D eigenvalue weighted by Crippen LogP contribution is 2.19. The van der Waals surface area contributed by atoms with Gasteiger partial charge in [0.15, 0.2) is 0 Å². The first-order chi connectivity index (χ1) is 12.5. The number of nitrogens with zero attached hydrogens (tertiary/aromatic N) is 4. The molecule has 0 atom stereocenters. The van der Waals surface area contributed by atoms with E-state index in [4.69, 9.17) is 16.3 Å². The van der Waals surface area contributed by atoms with Gasteiger partial charge in [0.2, 0.25) is 5.91 Å². The van der Waals surface area contributed by atoms with Crippen molar-refractivity contribution in [2.75, 3.05) is 39.3 Å². The zero-order valence-electron chi connectivity index (χ0n) is 15.3. The number of amides is 1. The average Bonchev–Trinajstić information content (AvgIpc) is 2.90. The van der Waals surface area contributed by atoms with E-state index in [-0.39, 0.29) is 12.5 Å². The van der Waals surface area contributed by atoms with Crippen LogP contribution in [0.25, 0.3) is 0 Å². The third-order valence-electron chi connectivity index (χ3n) is 4.72. The van der Waals surface area contributed by atoms with Gasteiger partial charge in [0.05, 0.1) is 16.4 Å². The molecule has 0 spiro atoms. The molecule has 0 radical (unpaired) electrons. The van der Waals surface area contributed by atoms with E-state index in [1.165, 1.54) is 0 Å². The lowest BCUT2D eigenvalue weighted by Gasteiger charge is -2.34. The van der Waals surface area contributed by atoms with E-state index >= 15 is 0 Å². The molecular weight excluding hydrogens is 352 g/mol. The largest absolute Gasteiger partial charge is 0.492 e. The molecule has 0 aliphatic carbocycles. The Morgan fingerprint density at radius 2 is 1.85 bits per heavy atom. The minimum absolute atomic E-state index is 0.0902. The van der Waals surface area contributed by atoms with Crippen molar-refractivity contribution in [3.05, 3.63) is 46.7 Å². The van der Waals surface area contributed by atoms with Crippen LogP contribution in [0.4, 0.5) is 0 Å². The number of benzene rings is 1. The summed E-state index contributed by atoms with van der Waals surface area (Å²) >= 11 is 6.15. The Bertz CT molecular complexity index is 739. The molecule has 0 saturated carbocycles. The summed E-state index contributed by atoms with van der Waals surface area (Å²) in [7, 11) is 0. The van der Waals surface area contributed by atoms with Crippen molar-refractivity contribution < 1.29 is 9.53 Å². The summed E-state index contributed by atoms with van der Waals surface area (Å²) in [6.07, 6.45) is 0. The van der Waals surface area contributed by atoms with Crippen molar-refractivity contribution in [2.45, 2.75) is 20.4 Å². The van der Waals surface area contributed by atoms with Crippen LogP contribution in [-0.4, -0.2) is 64.8 Å². The molecule has 3 rings (SSSR count). The molecule has 0 bridgehead atoms. The standard InChI is InChI=1S/C19H25ClN4O2/c1-15-19(20)16(2)24(21-15)14-18(25)23-10-8-22(9-11-23)12-13-26-17-6-4-3-5-7-17/h3-7H,8-14H2,1-2H3. The minimum atomic E-state index is 0.0902. The maximum absolute atomic E-state index is 12.5. The average molecular weight is 377 g/mol. The number of hydrogen-bond donors (Lipinski definition) is 0. The van der Waals surface area contributed by atoms with E-state index in [2.05, 4.69) is 10.00 Å². The highest BCUT2D eigenvalue weighted by atomic mass is 35.5. The van der Waals surface area contributed by atoms with Gasteiger partial charge in [-0.1, -0.05) is 29.8 Å². The van der Waals surface area contributed by atoms with Gasteiger partial charge >= 0.3 is 0 Å². The van der Waals surface area contributed by atoms with Gasteiger partial charge in [-0.25, -0.2) is 0 Å².